The van der Waals surface area contributed by atoms with Gasteiger partial charge in [-0.2, -0.15) is 0 Å². The minimum atomic E-state index is -0.678. The van der Waals surface area contributed by atoms with Crippen LogP contribution >= 0.6 is 11.8 Å². The number of aliphatic hydroxyl groups is 1. The molecule has 0 aromatic heterocycles. The van der Waals surface area contributed by atoms with Gasteiger partial charge >= 0.3 is 0 Å². The summed E-state index contributed by atoms with van der Waals surface area (Å²) in [5, 5.41) is 10.1. The van der Waals surface area contributed by atoms with Gasteiger partial charge in [-0.05, 0) is 19.1 Å². The second kappa shape index (κ2) is 6.72. The molecule has 1 aliphatic heterocycles. The maximum absolute atomic E-state index is 10.1. The highest BCUT2D eigenvalue weighted by Crippen LogP contribution is 2.35. The predicted octanol–water partition coefficient (Wildman–Crippen LogP) is 1.91. The molecule has 5 heteroatoms. The highest BCUT2D eigenvalue weighted by molar-refractivity contribution is 7.99. The molecule has 1 aromatic carbocycles. The smallest absolute Gasteiger partial charge is 0.136 e. The van der Waals surface area contributed by atoms with Gasteiger partial charge in [0.2, 0.25) is 0 Å². The van der Waals surface area contributed by atoms with Crippen molar-refractivity contribution in [3.05, 3.63) is 30.3 Å². The second-order valence-corrected chi connectivity index (χ2v) is 5.70. The van der Waals surface area contributed by atoms with Crippen LogP contribution in [-0.4, -0.2) is 49.2 Å². The van der Waals surface area contributed by atoms with Gasteiger partial charge in [0.05, 0.1) is 6.10 Å². The van der Waals surface area contributed by atoms with Crippen LogP contribution < -0.4 is 0 Å². The van der Waals surface area contributed by atoms with E-state index in [1.807, 2.05) is 37.3 Å². The zero-order valence-corrected chi connectivity index (χ0v) is 12.2. The number of rotatable bonds is 4. The van der Waals surface area contributed by atoms with Gasteiger partial charge in [-0.1, -0.05) is 30.0 Å². The third-order valence-corrected chi connectivity index (χ3v) is 4.45. The molecular formula is C14H20O4S. The Balaban J connectivity index is 2.14. The third-order valence-electron chi connectivity index (χ3n) is 3.30. The maximum atomic E-state index is 10.1. The first-order valence-electron chi connectivity index (χ1n) is 6.28. The van der Waals surface area contributed by atoms with E-state index in [-0.39, 0.29) is 23.7 Å². The third kappa shape index (κ3) is 3.30. The normalized spacial score (nSPS) is 35.3. The average molecular weight is 284 g/mol. The Morgan fingerprint density at radius 1 is 1.11 bits per heavy atom. The Bertz CT molecular complexity index is 386. The number of thioether (sulfide) groups is 1. The molecule has 1 saturated heterocycles. The zero-order valence-electron chi connectivity index (χ0n) is 11.4. The van der Waals surface area contributed by atoms with Crippen LogP contribution in [0.5, 0.6) is 0 Å². The first-order chi connectivity index (χ1) is 9.17. The van der Waals surface area contributed by atoms with E-state index in [2.05, 4.69) is 0 Å². The molecule has 1 heterocycles. The van der Waals surface area contributed by atoms with Gasteiger partial charge in [0.1, 0.15) is 23.7 Å². The number of aliphatic hydroxyl groups excluding tert-OH is 1. The molecule has 0 unspecified atom stereocenters. The summed E-state index contributed by atoms with van der Waals surface area (Å²) < 4.78 is 16.7. The van der Waals surface area contributed by atoms with E-state index < -0.39 is 6.10 Å². The summed E-state index contributed by atoms with van der Waals surface area (Å²) in [6, 6.07) is 10.00. The van der Waals surface area contributed by atoms with Crippen LogP contribution in [-0.2, 0) is 14.2 Å². The number of methoxy groups -OCH3 is 2. The molecule has 5 atom stereocenters. The first-order valence-corrected chi connectivity index (χ1v) is 7.16. The molecule has 1 aromatic rings. The van der Waals surface area contributed by atoms with E-state index in [4.69, 9.17) is 14.2 Å². The molecule has 2 rings (SSSR count). The summed E-state index contributed by atoms with van der Waals surface area (Å²) in [6.07, 6.45) is -1.64. The molecule has 1 aliphatic rings. The lowest BCUT2D eigenvalue weighted by molar-refractivity contribution is -0.208. The van der Waals surface area contributed by atoms with Crippen molar-refractivity contribution in [1.29, 1.82) is 0 Å². The van der Waals surface area contributed by atoms with E-state index in [1.165, 1.54) is 0 Å². The number of hydrogen-bond donors (Lipinski definition) is 1. The quantitative estimate of drug-likeness (QED) is 0.915. The topological polar surface area (TPSA) is 47.9 Å². The molecule has 0 aliphatic carbocycles. The van der Waals surface area contributed by atoms with Crippen LogP contribution in [0.4, 0.5) is 0 Å². The highest BCUT2D eigenvalue weighted by Gasteiger charge is 2.44. The van der Waals surface area contributed by atoms with Crippen molar-refractivity contribution in [3.63, 3.8) is 0 Å². The van der Waals surface area contributed by atoms with E-state index >= 15 is 0 Å². The van der Waals surface area contributed by atoms with Gasteiger partial charge in [-0.25, -0.2) is 0 Å². The van der Waals surface area contributed by atoms with Crippen LogP contribution in [0, 0.1) is 0 Å². The lowest BCUT2D eigenvalue weighted by Gasteiger charge is -2.42. The van der Waals surface area contributed by atoms with E-state index in [9.17, 15) is 5.11 Å². The second-order valence-electron chi connectivity index (χ2n) is 4.53. The number of ether oxygens (including phenoxy) is 3. The van der Waals surface area contributed by atoms with Crippen LogP contribution in [0.15, 0.2) is 35.2 Å². The van der Waals surface area contributed by atoms with Gasteiger partial charge in [0.15, 0.2) is 0 Å². The molecule has 1 N–H and O–H groups in total. The van der Waals surface area contributed by atoms with Crippen molar-refractivity contribution in [2.75, 3.05) is 14.2 Å². The standard InChI is InChI=1S/C14H20O4S/c1-9-11(15)12(16-2)13(17-3)14(18-9)19-10-7-5-4-6-8-10/h4-9,11-15H,1-3H3/t9-,11+,12+,13-,14+/m0/s1. The summed E-state index contributed by atoms with van der Waals surface area (Å²) in [4.78, 5) is 1.10. The minimum Gasteiger partial charge on any atom is -0.388 e. The van der Waals surface area contributed by atoms with Crippen molar-refractivity contribution in [1.82, 2.24) is 0 Å². The van der Waals surface area contributed by atoms with E-state index in [0.29, 0.717) is 0 Å². The molecule has 106 valence electrons. The lowest BCUT2D eigenvalue weighted by atomic mass is 10.0. The van der Waals surface area contributed by atoms with Crippen LogP contribution in [0.2, 0.25) is 0 Å². The molecular weight excluding hydrogens is 264 g/mol. The number of benzene rings is 1. The largest absolute Gasteiger partial charge is 0.388 e. The Morgan fingerprint density at radius 2 is 1.74 bits per heavy atom. The molecule has 4 nitrogen and oxygen atoms in total. The highest BCUT2D eigenvalue weighted by atomic mass is 32.2. The fourth-order valence-corrected chi connectivity index (χ4v) is 3.45. The summed E-state index contributed by atoms with van der Waals surface area (Å²) in [5.74, 6) is 0. The first kappa shape index (κ1) is 14.8. The van der Waals surface area contributed by atoms with Crippen LogP contribution in [0.3, 0.4) is 0 Å². The Kier molecular flexibility index (Phi) is 5.24. The summed E-state index contributed by atoms with van der Waals surface area (Å²) in [5.41, 5.74) is -0.198. The van der Waals surface area contributed by atoms with Crippen molar-refractivity contribution in [3.8, 4) is 0 Å². The molecule has 0 bridgehead atoms. The fourth-order valence-electron chi connectivity index (χ4n) is 2.23. The Labute approximate surface area is 118 Å². The summed E-state index contributed by atoms with van der Waals surface area (Å²) in [7, 11) is 3.20. The van der Waals surface area contributed by atoms with Crippen LogP contribution in [0.25, 0.3) is 0 Å². The zero-order chi connectivity index (χ0) is 13.8. The summed E-state index contributed by atoms with van der Waals surface area (Å²) >= 11 is 1.58. The molecule has 19 heavy (non-hydrogen) atoms. The number of hydrogen-bond acceptors (Lipinski definition) is 5. The van der Waals surface area contributed by atoms with Gasteiger partial charge in [-0.3, -0.25) is 0 Å². The van der Waals surface area contributed by atoms with Gasteiger partial charge in [0, 0.05) is 19.1 Å². The molecule has 1 fully saturated rings. The van der Waals surface area contributed by atoms with Gasteiger partial charge in [-0.15, -0.1) is 0 Å². The van der Waals surface area contributed by atoms with E-state index in [1.54, 1.807) is 26.0 Å². The average Bonchev–Trinajstić information content (AvgIpc) is 2.43. The molecule has 0 amide bonds. The van der Waals surface area contributed by atoms with Crippen molar-refractivity contribution in [2.45, 2.75) is 41.7 Å². The van der Waals surface area contributed by atoms with E-state index in [0.717, 1.165) is 4.90 Å². The minimum absolute atomic E-state index is 0.198. The molecule has 0 spiro atoms. The SMILES string of the molecule is CO[C@@H]1[C@H](O)[C@H](C)O[C@H](Sc2ccccc2)[C@H]1OC. The van der Waals surface area contributed by atoms with Crippen molar-refractivity contribution in [2.24, 2.45) is 0 Å². The molecule has 0 saturated carbocycles. The van der Waals surface area contributed by atoms with Crippen LogP contribution in [0.1, 0.15) is 6.92 Å². The predicted molar refractivity (Wildman–Crippen MR) is 74.2 cm³/mol. The summed E-state index contributed by atoms with van der Waals surface area (Å²) in [6.45, 7) is 1.85. The fraction of sp³-hybridized carbons (Fsp3) is 0.571. The molecule has 0 radical (unpaired) electrons. The van der Waals surface area contributed by atoms with Crippen molar-refractivity contribution >= 4 is 11.8 Å². The van der Waals surface area contributed by atoms with Gasteiger partial charge < -0.3 is 19.3 Å². The maximum Gasteiger partial charge on any atom is 0.136 e. The Morgan fingerprint density at radius 3 is 2.32 bits per heavy atom. The van der Waals surface area contributed by atoms with Gasteiger partial charge in [0.25, 0.3) is 0 Å². The lowest BCUT2D eigenvalue weighted by Crippen LogP contribution is -2.57. The monoisotopic (exact) mass is 284 g/mol. The van der Waals surface area contributed by atoms with Crippen molar-refractivity contribution < 1.29 is 19.3 Å². The Hall–Kier alpha value is -0.590.